The van der Waals surface area contributed by atoms with Gasteiger partial charge in [0.15, 0.2) is 0 Å². The van der Waals surface area contributed by atoms with Gasteiger partial charge in [0.1, 0.15) is 0 Å². The number of allylic oxidation sites excluding steroid dienone is 2. The topological polar surface area (TPSA) is 0 Å². The van der Waals surface area contributed by atoms with Crippen LogP contribution in [0, 0.1) is 11.8 Å². The molecule has 0 aliphatic heterocycles. The van der Waals surface area contributed by atoms with Crippen molar-refractivity contribution < 1.29 is 0 Å². The minimum atomic E-state index is 0. The summed E-state index contributed by atoms with van der Waals surface area (Å²) in [6.45, 7) is 0. The second-order valence-corrected chi connectivity index (χ2v) is 2.72. The SMILES string of the molecule is C1=CC2CCC1C2.[Tl]. The van der Waals surface area contributed by atoms with E-state index < -0.39 is 0 Å². The summed E-state index contributed by atoms with van der Waals surface area (Å²) in [5.41, 5.74) is 0. The second kappa shape index (κ2) is 2.50. The Bertz CT molecular complexity index is 95.0. The maximum Gasteiger partial charge on any atom is 0 e. The Labute approximate surface area is 70.5 Å². The van der Waals surface area contributed by atoms with Crippen molar-refractivity contribution in [2.24, 2.45) is 11.8 Å². The summed E-state index contributed by atoms with van der Waals surface area (Å²) in [5, 5.41) is 0. The monoisotopic (exact) mass is 299 g/mol. The minimum Gasteiger partial charge on any atom is -0.0851 e. The van der Waals surface area contributed by atoms with Gasteiger partial charge in [-0.05, 0) is 31.1 Å². The molecule has 0 amide bonds. The number of hydrogen-bond donors (Lipinski definition) is 0. The molecule has 2 aliphatic carbocycles. The van der Waals surface area contributed by atoms with Crippen LogP contribution in [0.2, 0.25) is 0 Å². The molecule has 0 nitrogen and oxygen atoms in total. The first-order chi connectivity index (χ1) is 3.45. The zero-order valence-electron chi connectivity index (χ0n) is 5.01. The van der Waals surface area contributed by atoms with E-state index >= 15 is 0 Å². The van der Waals surface area contributed by atoms with Crippen LogP contribution in [-0.2, 0) is 0 Å². The van der Waals surface area contributed by atoms with Crippen molar-refractivity contribution in [2.45, 2.75) is 19.3 Å². The van der Waals surface area contributed by atoms with Crippen molar-refractivity contribution in [3.05, 3.63) is 12.2 Å². The molecule has 1 heteroatoms. The van der Waals surface area contributed by atoms with E-state index in [0.29, 0.717) is 0 Å². The summed E-state index contributed by atoms with van der Waals surface area (Å²) in [5.74, 6) is 1.98. The van der Waals surface area contributed by atoms with E-state index in [-0.39, 0.29) is 27.3 Å². The summed E-state index contributed by atoms with van der Waals surface area (Å²) < 4.78 is 0. The van der Waals surface area contributed by atoms with Gasteiger partial charge in [0.2, 0.25) is 0 Å². The van der Waals surface area contributed by atoms with Crippen LogP contribution < -0.4 is 0 Å². The zero-order valence-corrected chi connectivity index (χ0v) is 9.50. The van der Waals surface area contributed by atoms with Gasteiger partial charge in [-0.25, -0.2) is 0 Å². The van der Waals surface area contributed by atoms with Crippen LogP contribution in [-0.4, -0.2) is 27.3 Å². The van der Waals surface area contributed by atoms with Gasteiger partial charge in [0.05, 0.1) is 0 Å². The Morgan fingerprint density at radius 2 is 1.50 bits per heavy atom. The van der Waals surface area contributed by atoms with Gasteiger partial charge in [-0.2, -0.15) is 0 Å². The van der Waals surface area contributed by atoms with Gasteiger partial charge >= 0.3 is 0 Å². The average molecular weight is 299 g/mol. The Hall–Kier alpha value is 0.662. The van der Waals surface area contributed by atoms with Crippen LogP contribution in [0.5, 0.6) is 0 Å². The fourth-order valence-electron chi connectivity index (χ4n) is 1.72. The van der Waals surface area contributed by atoms with Crippen LogP contribution in [0.15, 0.2) is 12.2 Å². The first-order valence-corrected chi connectivity index (χ1v) is 3.13. The fraction of sp³-hybridized carbons (Fsp3) is 0.714. The van der Waals surface area contributed by atoms with E-state index in [9.17, 15) is 0 Å². The van der Waals surface area contributed by atoms with Crippen LogP contribution in [0.25, 0.3) is 0 Å². The molecular formula is C7H10Tl. The van der Waals surface area contributed by atoms with E-state index in [0.717, 1.165) is 11.8 Å². The predicted molar refractivity (Wildman–Crippen MR) is 35.7 cm³/mol. The van der Waals surface area contributed by atoms with Crippen molar-refractivity contribution in [3.63, 3.8) is 0 Å². The molecule has 2 rings (SSSR count). The number of rotatable bonds is 0. The first-order valence-electron chi connectivity index (χ1n) is 3.13. The molecule has 0 aromatic heterocycles. The molecule has 0 saturated heterocycles. The average Bonchev–Trinajstić information content (AvgIpc) is 2.22. The summed E-state index contributed by atoms with van der Waals surface area (Å²) in [6.07, 6.45) is 9.19. The molecule has 2 atom stereocenters. The quantitative estimate of drug-likeness (QED) is 0.471. The van der Waals surface area contributed by atoms with Crippen molar-refractivity contribution in [1.82, 2.24) is 0 Å². The normalized spacial score (nSPS) is 40.0. The molecule has 1 fully saturated rings. The molecule has 0 N–H and O–H groups in total. The molecule has 1 saturated carbocycles. The van der Waals surface area contributed by atoms with E-state index in [1.807, 2.05) is 0 Å². The maximum absolute atomic E-state index is 2.38. The molecular weight excluding hydrogens is 288 g/mol. The zero-order chi connectivity index (χ0) is 4.69. The number of fused-ring (bicyclic) bond motifs is 2. The van der Waals surface area contributed by atoms with E-state index in [1.165, 1.54) is 19.3 Å². The molecule has 1 radical (unpaired) electrons. The van der Waals surface area contributed by atoms with Crippen molar-refractivity contribution in [1.29, 1.82) is 0 Å². The Balaban J connectivity index is 0.000000320. The molecule has 0 spiro atoms. The van der Waals surface area contributed by atoms with Crippen molar-refractivity contribution in [2.75, 3.05) is 0 Å². The molecule has 2 unspecified atom stereocenters. The van der Waals surface area contributed by atoms with E-state index in [2.05, 4.69) is 12.2 Å². The fourth-order valence-corrected chi connectivity index (χ4v) is 1.72. The second-order valence-electron chi connectivity index (χ2n) is 2.72. The summed E-state index contributed by atoms with van der Waals surface area (Å²) in [6, 6.07) is 0. The van der Waals surface area contributed by atoms with Crippen LogP contribution in [0.4, 0.5) is 0 Å². The largest absolute Gasteiger partial charge is 0.0851 e. The van der Waals surface area contributed by atoms with Gasteiger partial charge in [-0.3, -0.25) is 0 Å². The third kappa shape index (κ3) is 0.994. The van der Waals surface area contributed by atoms with Crippen LogP contribution in [0.1, 0.15) is 19.3 Å². The maximum atomic E-state index is 2.38. The summed E-state index contributed by atoms with van der Waals surface area (Å²) in [7, 11) is 0. The third-order valence-corrected chi connectivity index (χ3v) is 2.17. The van der Waals surface area contributed by atoms with E-state index in [4.69, 9.17) is 0 Å². The Morgan fingerprint density at radius 3 is 1.62 bits per heavy atom. The Morgan fingerprint density at radius 1 is 1.00 bits per heavy atom. The summed E-state index contributed by atoms with van der Waals surface area (Å²) in [4.78, 5) is 0. The molecule has 2 aliphatic rings. The molecule has 41 valence electrons. The number of hydrogen-bond acceptors (Lipinski definition) is 0. The molecule has 0 aromatic carbocycles. The Kier molecular flexibility index (Phi) is 2.12. The van der Waals surface area contributed by atoms with E-state index in [1.54, 1.807) is 0 Å². The van der Waals surface area contributed by atoms with Crippen molar-refractivity contribution in [3.8, 4) is 0 Å². The van der Waals surface area contributed by atoms with Crippen LogP contribution >= 0.6 is 0 Å². The van der Waals surface area contributed by atoms with Gasteiger partial charge in [0, 0.05) is 27.3 Å². The van der Waals surface area contributed by atoms with Gasteiger partial charge < -0.3 is 0 Å². The van der Waals surface area contributed by atoms with Gasteiger partial charge in [-0.1, -0.05) is 12.2 Å². The third-order valence-electron chi connectivity index (χ3n) is 2.17. The van der Waals surface area contributed by atoms with Crippen molar-refractivity contribution >= 4 is 27.3 Å². The smallest absolute Gasteiger partial charge is 0 e. The summed E-state index contributed by atoms with van der Waals surface area (Å²) >= 11 is 0. The molecule has 2 bridgehead atoms. The van der Waals surface area contributed by atoms with Gasteiger partial charge in [-0.15, -0.1) is 0 Å². The minimum absolute atomic E-state index is 0. The predicted octanol–water partition coefficient (Wildman–Crippen LogP) is 1.59. The van der Waals surface area contributed by atoms with Crippen LogP contribution in [0.3, 0.4) is 0 Å². The molecule has 8 heavy (non-hydrogen) atoms. The molecule has 0 aromatic rings. The first kappa shape index (κ1) is 6.78. The van der Waals surface area contributed by atoms with Gasteiger partial charge in [0.25, 0.3) is 0 Å². The standard InChI is InChI=1S/C7H10.Tl/c1-2-7-4-3-6(1)5-7;/h1-2,6-7H,3-5H2;. The molecule has 0 heterocycles.